The summed E-state index contributed by atoms with van der Waals surface area (Å²) in [5.41, 5.74) is 0.540. The van der Waals surface area contributed by atoms with E-state index in [2.05, 4.69) is 10.3 Å². The molecule has 2 rings (SSSR count). The normalized spacial score (nSPS) is 11.4. The lowest BCUT2D eigenvalue weighted by atomic mass is 9.93. The minimum absolute atomic E-state index is 0.0200. The average Bonchev–Trinajstić information content (AvgIpc) is 2.91. The molecule has 118 valence electrons. The predicted molar refractivity (Wildman–Crippen MR) is 88.6 cm³/mol. The van der Waals surface area contributed by atoms with Crippen molar-refractivity contribution in [3.63, 3.8) is 0 Å². The first kappa shape index (κ1) is 16.6. The molecule has 0 radical (unpaired) electrons. The van der Waals surface area contributed by atoms with Crippen LogP contribution in [-0.2, 0) is 22.7 Å². The molecule has 2 aromatic rings. The molecule has 1 N–H and O–H groups in total. The zero-order valence-corrected chi connectivity index (χ0v) is 14.1. The summed E-state index contributed by atoms with van der Waals surface area (Å²) in [5, 5.41) is 3.85. The Labute approximate surface area is 135 Å². The van der Waals surface area contributed by atoms with E-state index in [1.807, 2.05) is 57.3 Å². The quantitative estimate of drug-likeness (QED) is 0.852. The van der Waals surface area contributed by atoms with Crippen molar-refractivity contribution < 1.29 is 9.53 Å². The SMILES string of the molecule is Cc1cnc(CNC(=O)C(C)(C)COCc2ccccc2)s1. The van der Waals surface area contributed by atoms with Crippen molar-refractivity contribution in [2.75, 3.05) is 6.61 Å². The molecule has 0 aliphatic carbocycles. The van der Waals surface area contributed by atoms with Crippen LogP contribution in [0, 0.1) is 12.3 Å². The molecule has 1 aromatic carbocycles. The zero-order valence-electron chi connectivity index (χ0n) is 13.3. The van der Waals surface area contributed by atoms with Crippen molar-refractivity contribution in [2.24, 2.45) is 5.41 Å². The molecule has 0 bridgehead atoms. The van der Waals surface area contributed by atoms with E-state index in [0.29, 0.717) is 19.8 Å². The van der Waals surface area contributed by atoms with Crippen molar-refractivity contribution in [3.05, 3.63) is 52.0 Å². The number of carbonyl (C=O) groups is 1. The van der Waals surface area contributed by atoms with Crippen LogP contribution in [0.4, 0.5) is 0 Å². The lowest BCUT2D eigenvalue weighted by Gasteiger charge is -2.23. The number of aryl methyl sites for hydroxylation is 1. The van der Waals surface area contributed by atoms with E-state index in [1.165, 1.54) is 0 Å². The van der Waals surface area contributed by atoms with Gasteiger partial charge in [-0.05, 0) is 26.3 Å². The molecule has 22 heavy (non-hydrogen) atoms. The highest BCUT2D eigenvalue weighted by molar-refractivity contribution is 7.11. The number of carbonyl (C=O) groups excluding carboxylic acids is 1. The molecular formula is C17H22N2O2S. The van der Waals surface area contributed by atoms with Gasteiger partial charge in [0.05, 0.1) is 25.2 Å². The molecule has 0 aliphatic rings. The topological polar surface area (TPSA) is 51.2 Å². The number of nitrogens with zero attached hydrogens (tertiary/aromatic N) is 1. The highest BCUT2D eigenvalue weighted by atomic mass is 32.1. The lowest BCUT2D eigenvalue weighted by Crippen LogP contribution is -2.39. The fourth-order valence-electron chi connectivity index (χ4n) is 1.94. The van der Waals surface area contributed by atoms with E-state index in [0.717, 1.165) is 15.4 Å². The Balaban J connectivity index is 1.77. The number of rotatable bonds is 7. The molecule has 1 heterocycles. The van der Waals surface area contributed by atoms with E-state index >= 15 is 0 Å². The molecular weight excluding hydrogens is 296 g/mol. The van der Waals surface area contributed by atoms with Crippen LogP contribution in [0.3, 0.4) is 0 Å². The molecule has 0 atom stereocenters. The molecule has 0 unspecified atom stereocenters. The maximum atomic E-state index is 12.3. The van der Waals surface area contributed by atoms with Gasteiger partial charge in [0.15, 0.2) is 0 Å². The largest absolute Gasteiger partial charge is 0.376 e. The van der Waals surface area contributed by atoms with Crippen LogP contribution in [0.1, 0.15) is 29.3 Å². The zero-order chi connectivity index (χ0) is 16.0. The molecule has 1 aromatic heterocycles. The Morgan fingerprint density at radius 2 is 2.05 bits per heavy atom. The monoisotopic (exact) mass is 318 g/mol. The van der Waals surface area contributed by atoms with Crippen molar-refractivity contribution in [1.29, 1.82) is 0 Å². The molecule has 0 saturated carbocycles. The third-order valence-corrected chi connectivity index (χ3v) is 4.17. The minimum Gasteiger partial charge on any atom is -0.376 e. The van der Waals surface area contributed by atoms with E-state index in [-0.39, 0.29) is 5.91 Å². The van der Waals surface area contributed by atoms with Crippen LogP contribution in [0.2, 0.25) is 0 Å². The Morgan fingerprint density at radius 1 is 1.32 bits per heavy atom. The van der Waals surface area contributed by atoms with Gasteiger partial charge < -0.3 is 10.1 Å². The first-order valence-electron chi connectivity index (χ1n) is 7.29. The number of aromatic nitrogens is 1. The predicted octanol–water partition coefficient (Wildman–Crippen LogP) is 3.31. The van der Waals surface area contributed by atoms with E-state index < -0.39 is 5.41 Å². The standard InChI is InChI=1S/C17H22N2O2S/c1-13-9-18-15(22-13)10-19-16(20)17(2,3)12-21-11-14-7-5-4-6-8-14/h4-9H,10-12H2,1-3H3,(H,19,20). The number of thiazole rings is 1. The van der Waals surface area contributed by atoms with Gasteiger partial charge in [-0.25, -0.2) is 4.98 Å². The van der Waals surface area contributed by atoms with Gasteiger partial charge in [0.25, 0.3) is 0 Å². The summed E-state index contributed by atoms with van der Waals surface area (Å²) in [6.45, 7) is 7.15. The summed E-state index contributed by atoms with van der Waals surface area (Å²) in [5.74, 6) is -0.0200. The van der Waals surface area contributed by atoms with Gasteiger partial charge in [-0.15, -0.1) is 11.3 Å². The van der Waals surface area contributed by atoms with Gasteiger partial charge in [0.1, 0.15) is 5.01 Å². The second-order valence-electron chi connectivity index (χ2n) is 5.91. The summed E-state index contributed by atoms with van der Waals surface area (Å²) < 4.78 is 5.69. The first-order valence-corrected chi connectivity index (χ1v) is 8.10. The summed E-state index contributed by atoms with van der Waals surface area (Å²) in [4.78, 5) is 17.7. The number of nitrogens with one attached hydrogen (secondary N) is 1. The molecule has 0 aliphatic heterocycles. The van der Waals surface area contributed by atoms with E-state index in [9.17, 15) is 4.79 Å². The van der Waals surface area contributed by atoms with Gasteiger partial charge in [0, 0.05) is 11.1 Å². The van der Waals surface area contributed by atoms with Crippen molar-refractivity contribution in [2.45, 2.75) is 33.9 Å². The molecule has 0 spiro atoms. The Kier molecular flexibility index (Phi) is 5.69. The number of benzene rings is 1. The van der Waals surface area contributed by atoms with E-state index in [4.69, 9.17) is 4.74 Å². The van der Waals surface area contributed by atoms with E-state index in [1.54, 1.807) is 11.3 Å². The molecule has 0 fully saturated rings. The number of ether oxygens (including phenoxy) is 1. The van der Waals surface area contributed by atoms with Crippen LogP contribution in [0.15, 0.2) is 36.5 Å². The maximum Gasteiger partial charge on any atom is 0.228 e. The molecule has 1 amide bonds. The first-order chi connectivity index (χ1) is 10.5. The smallest absolute Gasteiger partial charge is 0.228 e. The Bertz CT molecular complexity index is 608. The van der Waals surface area contributed by atoms with Gasteiger partial charge in [-0.1, -0.05) is 30.3 Å². The van der Waals surface area contributed by atoms with Crippen LogP contribution in [-0.4, -0.2) is 17.5 Å². The Morgan fingerprint density at radius 3 is 2.68 bits per heavy atom. The van der Waals surface area contributed by atoms with Gasteiger partial charge in [-0.2, -0.15) is 0 Å². The highest BCUT2D eigenvalue weighted by Crippen LogP contribution is 2.18. The number of hydrogen-bond donors (Lipinski definition) is 1. The van der Waals surface area contributed by atoms with Gasteiger partial charge >= 0.3 is 0 Å². The minimum atomic E-state index is -0.568. The third kappa shape index (κ3) is 4.93. The lowest BCUT2D eigenvalue weighted by molar-refractivity contribution is -0.133. The third-order valence-electron chi connectivity index (χ3n) is 3.26. The fourth-order valence-corrected chi connectivity index (χ4v) is 2.67. The van der Waals surface area contributed by atoms with Gasteiger partial charge in [-0.3, -0.25) is 4.79 Å². The summed E-state index contributed by atoms with van der Waals surface area (Å²) in [6, 6.07) is 9.95. The molecule has 4 nitrogen and oxygen atoms in total. The fraction of sp³-hybridized carbons (Fsp3) is 0.412. The van der Waals surface area contributed by atoms with Crippen molar-refractivity contribution >= 4 is 17.2 Å². The summed E-state index contributed by atoms with van der Waals surface area (Å²) in [7, 11) is 0. The maximum absolute atomic E-state index is 12.3. The number of amides is 1. The molecule has 0 saturated heterocycles. The van der Waals surface area contributed by atoms with Crippen molar-refractivity contribution in [1.82, 2.24) is 10.3 Å². The summed E-state index contributed by atoms with van der Waals surface area (Å²) in [6.07, 6.45) is 1.82. The second kappa shape index (κ2) is 7.51. The van der Waals surface area contributed by atoms with Crippen LogP contribution >= 0.6 is 11.3 Å². The van der Waals surface area contributed by atoms with Crippen molar-refractivity contribution in [3.8, 4) is 0 Å². The average molecular weight is 318 g/mol. The summed E-state index contributed by atoms with van der Waals surface area (Å²) >= 11 is 1.60. The molecule has 5 heteroatoms. The van der Waals surface area contributed by atoms with Crippen LogP contribution in [0.25, 0.3) is 0 Å². The van der Waals surface area contributed by atoms with Crippen LogP contribution in [0.5, 0.6) is 0 Å². The number of hydrogen-bond acceptors (Lipinski definition) is 4. The second-order valence-corrected chi connectivity index (χ2v) is 7.23. The van der Waals surface area contributed by atoms with Crippen LogP contribution < -0.4 is 5.32 Å². The highest BCUT2D eigenvalue weighted by Gasteiger charge is 2.27. The Hall–Kier alpha value is -1.72. The van der Waals surface area contributed by atoms with Gasteiger partial charge in [0.2, 0.25) is 5.91 Å².